The first-order valence-corrected chi connectivity index (χ1v) is 8.57. The summed E-state index contributed by atoms with van der Waals surface area (Å²) in [6.45, 7) is 3.68. The minimum Gasteiger partial charge on any atom is -0.484 e. The summed E-state index contributed by atoms with van der Waals surface area (Å²) in [6.07, 6.45) is 0.395. The van der Waals surface area contributed by atoms with Crippen molar-refractivity contribution in [3.8, 4) is 11.5 Å². The zero-order chi connectivity index (χ0) is 18.7. The van der Waals surface area contributed by atoms with E-state index in [4.69, 9.17) is 9.47 Å². The number of likely N-dealkylation sites (N-methyl/N-ethyl adjacent to an activating group) is 1. The topological polar surface area (TPSA) is 67.9 Å². The van der Waals surface area contributed by atoms with Crippen molar-refractivity contribution >= 4 is 23.2 Å². The molecule has 3 rings (SSSR count). The molecule has 0 aliphatic carbocycles. The maximum absolute atomic E-state index is 12.2. The number of aryl methyl sites for hydroxylation is 1. The van der Waals surface area contributed by atoms with Gasteiger partial charge >= 0.3 is 0 Å². The molecule has 0 saturated carbocycles. The predicted octanol–water partition coefficient (Wildman–Crippen LogP) is 3.01. The highest BCUT2D eigenvalue weighted by atomic mass is 16.5. The summed E-state index contributed by atoms with van der Waals surface area (Å²) in [4.78, 5) is 25.7. The van der Waals surface area contributed by atoms with Crippen LogP contribution in [-0.2, 0) is 16.0 Å². The van der Waals surface area contributed by atoms with E-state index < -0.39 is 6.10 Å². The van der Waals surface area contributed by atoms with Crippen molar-refractivity contribution in [2.75, 3.05) is 23.9 Å². The van der Waals surface area contributed by atoms with Gasteiger partial charge < -0.3 is 19.7 Å². The molecule has 0 spiro atoms. The number of carbonyl (C=O) groups excluding carboxylic acids is 2. The summed E-state index contributed by atoms with van der Waals surface area (Å²) in [6, 6.07) is 12.9. The van der Waals surface area contributed by atoms with Gasteiger partial charge in [0.15, 0.2) is 12.7 Å². The van der Waals surface area contributed by atoms with Crippen molar-refractivity contribution in [1.82, 2.24) is 0 Å². The van der Waals surface area contributed by atoms with E-state index in [1.54, 1.807) is 32.2 Å². The Labute approximate surface area is 152 Å². The van der Waals surface area contributed by atoms with Crippen LogP contribution in [0, 0.1) is 0 Å². The summed E-state index contributed by atoms with van der Waals surface area (Å²) in [5.41, 5.74) is 2.36. The Balaban J connectivity index is 1.64. The molecule has 26 heavy (non-hydrogen) atoms. The molecule has 1 unspecified atom stereocenters. The Morgan fingerprint density at radius 2 is 2.08 bits per heavy atom. The number of benzene rings is 2. The number of hydrogen-bond acceptors (Lipinski definition) is 4. The van der Waals surface area contributed by atoms with E-state index in [-0.39, 0.29) is 18.4 Å². The molecule has 6 nitrogen and oxygen atoms in total. The van der Waals surface area contributed by atoms with Gasteiger partial charge in [0, 0.05) is 12.7 Å². The van der Waals surface area contributed by atoms with Crippen LogP contribution in [0.2, 0.25) is 0 Å². The van der Waals surface area contributed by atoms with Crippen molar-refractivity contribution in [1.29, 1.82) is 0 Å². The monoisotopic (exact) mass is 354 g/mol. The molecular weight excluding hydrogens is 332 g/mol. The van der Waals surface area contributed by atoms with Crippen molar-refractivity contribution < 1.29 is 19.1 Å². The first-order valence-electron chi connectivity index (χ1n) is 8.57. The molecular formula is C20H22N2O4. The summed E-state index contributed by atoms with van der Waals surface area (Å²) in [5.74, 6) is 0.883. The SMILES string of the molecule is CCc1cccc(OCC(=O)Nc2ccc3c(c2)N(C)C(=O)C(C)O3)c1. The molecule has 0 bridgehead atoms. The van der Waals surface area contributed by atoms with E-state index in [1.165, 1.54) is 4.90 Å². The van der Waals surface area contributed by atoms with Crippen molar-refractivity contribution in [3.05, 3.63) is 48.0 Å². The van der Waals surface area contributed by atoms with E-state index in [1.807, 2.05) is 24.3 Å². The lowest BCUT2D eigenvalue weighted by Gasteiger charge is -2.30. The lowest BCUT2D eigenvalue weighted by Crippen LogP contribution is -2.42. The van der Waals surface area contributed by atoms with Crippen molar-refractivity contribution in [2.45, 2.75) is 26.4 Å². The van der Waals surface area contributed by atoms with Crippen LogP contribution >= 0.6 is 0 Å². The normalized spacial score (nSPS) is 15.9. The molecule has 2 aromatic rings. The molecule has 1 aliphatic heterocycles. The van der Waals surface area contributed by atoms with Gasteiger partial charge in [-0.05, 0) is 49.2 Å². The first-order chi connectivity index (χ1) is 12.5. The van der Waals surface area contributed by atoms with Crippen molar-refractivity contribution in [2.24, 2.45) is 0 Å². The zero-order valence-electron chi connectivity index (χ0n) is 15.1. The second-order valence-electron chi connectivity index (χ2n) is 6.18. The molecule has 0 radical (unpaired) electrons. The average molecular weight is 354 g/mol. The molecule has 2 amide bonds. The van der Waals surface area contributed by atoms with E-state index in [0.717, 1.165) is 12.0 Å². The summed E-state index contributed by atoms with van der Waals surface area (Å²) in [7, 11) is 1.69. The van der Waals surface area contributed by atoms with Crippen LogP contribution < -0.4 is 19.7 Å². The van der Waals surface area contributed by atoms with Gasteiger partial charge in [0.25, 0.3) is 11.8 Å². The van der Waals surface area contributed by atoms with Gasteiger partial charge in [0.1, 0.15) is 11.5 Å². The molecule has 0 saturated heterocycles. The zero-order valence-corrected chi connectivity index (χ0v) is 15.1. The van der Waals surface area contributed by atoms with Crippen LogP contribution in [0.3, 0.4) is 0 Å². The van der Waals surface area contributed by atoms with Crippen LogP contribution in [0.4, 0.5) is 11.4 Å². The molecule has 0 aromatic heterocycles. The number of rotatable bonds is 5. The third-order valence-corrected chi connectivity index (χ3v) is 4.26. The molecule has 2 aromatic carbocycles. The number of amides is 2. The molecule has 1 aliphatic rings. The Kier molecular flexibility index (Phi) is 5.11. The maximum Gasteiger partial charge on any atom is 0.267 e. The molecule has 1 atom stereocenters. The Hall–Kier alpha value is -3.02. The second kappa shape index (κ2) is 7.47. The number of nitrogens with one attached hydrogen (secondary N) is 1. The largest absolute Gasteiger partial charge is 0.484 e. The molecule has 1 N–H and O–H groups in total. The second-order valence-corrected chi connectivity index (χ2v) is 6.18. The van der Waals surface area contributed by atoms with Crippen LogP contribution in [0.5, 0.6) is 11.5 Å². The van der Waals surface area contributed by atoms with E-state index in [9.17, 15) is 9.59 Å². The van der Waals surface area contributed by atoms with Crippen LogP contribution in [0.15, 0.2) is 42.5 Å². The summed E-state index contributed by atoms with van der Waals surface area (Å²) in [5, 5.41) is 2.78. The number of hydrogen-bond donors (Lipinski definition) is 1. The number of fused-ring (bicyclic) bond motifs is 1. The molecule has 1 heterocycles. The Morgan fingerprint density at radius 1 is 1.27 bits per heavy atom. The summed E-state index contributed by atoms with van der Waals surface area (Å²) < 4.78 is 11.1. The lowest BCUT2D eigenvalue weighted by atomic mass is 10.2. The van der Waals surface area contributed by atoms with Gasteiger partial charge in [-0.2, -0.15) is 0 Å². The molecule has 0 fully saturated rings. The van der Waals surface area contributed by atoms with Crippen LogP contribution in [0.1, 0.15) is 19.4 Å². The minimum atomic E-state index is -0.514. The smallest absolute Gasteiger partial charge is 0.267 e. The summed E-state index contributed by atoms with van der Waals surface area (Å²) >= 11 is 0. The van der Waals surface area contributed by atoms with Gasteiger partial charge in [0.2, 0.25) is 0 Å². The van der Waals surface area contributed by atoms with Crippen LogP contribution in [0.25, 0.3) is 0 Å². The van der Waals surface area contributed by atoms with Gasteiger partial charge in [-0.3, -0.25) is 9.59 Å². The third kappa shape index (κ3) is 3.79. The number of carbonyl (C=O) groups is 2. The number of nitrogens with zero attached hydrogens (tertiary/aromatic N) is 1. The van der Waals surface area contributed by atoms with Gasteiger partial charge in [-0.15, -0.1) is 0 Å². The first kappa shape index (κ1) is 17.8. The van der Waals surface area contributed by atoms with Gasteiger partial charge in [-0.25, -0.2) is 0 Å². The average Bonchev–Trinajstić information content (AvgIpc) is 2.65. The Bertz CT molecular complexity index is 834. The number of ether oxygens (including phenoxy) is 2. The highest BCUT2D eigenvalue weighted by molar-refractivity contribution is 6.00. The molecule has 6 heteroatoms. The lowest BCUT2D eigenvalue weighted by molar-refractivity contribution is -0.125. The molecule has 136 valence electrons. The fourth-order valence-electron chi connectivity index (χ4n) is 2.79. The third-order valence-electron chi connectivity index (χ3n) is 4.26. The fraction of sp³-hybridized carbons (Fsp3) is 0.300. The quantitative estimate of drug-likeness (QED) is 0.896. The Morgan fingerprint density at radius 3 is 2.85 bits per heavy atom. The van der Waals surface area contributed by atoms with Crippen LogP contribution in [-0.4, -0.2) is 31.6 Å². The highest BCUT2D eigenvalue weighted by Gasteiger charge is 2.29. The minimum absolute atomic E-state index is 0.0907. The van der Waals surface area contributed by atoms with Gasteiger partial charge in [0.05, 0.1) is 5.69 Å². The van der Waals surface area contributed by atoms with E-state index in [0.29, 0.717) is 22.9 Å². The van der Waals surface area contributed by atoms with E-state index >= 15 is 0 Å². The fourth-order valence-corrected chi connectivity index (χ4v) is 2.79. The van der Waals surface area contributed by atoms with E-state index in [2.05, 4.69) is 12.2 Å². The predicted molar refractivity (Wildman–Crippen MR) is 99.9 cm³/mol. The highest BCUT2D eigenvalue weighted by Crippen LogP contribution is 2.35. The number of anilines is 2. The van der Waals surface area contributed by atoms with Crippen molar-refractivity contribution in [3.63, 3.8) is 0 Å². The maximum atomic E-state index is 12.2. The van der Waals surface area contributed by atoms with Gasteiger partial charge in [-0.1, -0.05) is 19.1 Å². The standard InChI is InChI=1S/C20H22N2O4/c1-4-14-6-5-7-16(10-14)25-12-19(23)21-15-8-9-18-17(11-15)22(3)20(24)13(2)26-18/h5-11,13H,4,12H2,1-3H3,(H,21,23).